The summed E-state index contributed by atoms with van der Waals surface area (Å²) in [6.45, 7) is 3.17. The molecule has 1 amide bonds. The fourth-order valence-corrected chi connectivity index (χ4v) is 5.07. The first kappa shape index (κ1) is 20.0. The van der Waals surface area contributed by atoms with Crippen molar-refractivity contribution in [2.24, 2.45) is 11.3 Å². The van der Waals surface area contributed by atoms with Gasteiger partial charge in [-0.05, 0) is 61.1 Å². The number of rotatable bonds is 3. The Morgan fingerprint density at radius 3 is 2.66 bits per heavy atom. The Balaban J connectivity index is 1.37. The second-order valence-corrected chi connectivity index (χ2v) is 8.42. The molecule has 0 aromatic heterocycles. The van der Waals surface area contributed by atoms with E-state index in [1.807, 2.05) is 0 Å². The van der Waals surface area contributed by atoms with Crippen molar-refractivity contribution in [3.63, 3.8) is 0 Å². The van der Waals surface area contributed by atoms with Crippen LogP contribution in [0.2, 0.25) is 0 Å². The summed E-state index contributed by atoms with van der Waals surface area (Å²) in [4.78, 5) is 14.3. The van der Waals surface area contributed by atoms with Crippen LogP contribution in [0.1, 0.15) is 44.6 Å². The van der Waals surface area contributed by atoms with E-state index in [9.17, 15) is 18.0 Å². The van der Waals surface area contributed by atoms with E-state index in [2.05, 4.69) is 19.1 Å². The zero-order valence-corrected chi connectivity index (χ0v) is 16.6. The third-order valence-electron chi connectivity index (χ3n) is 6.78. The van der Waals surface area contributed by atoms with E-state index >= 15 is 0 Å². The largest absolute Gasteiger partial charge is 0.483 e. The lowest BCUT2D eigenvalue weighted by molar-refractivity contribution is -0.141. The molecule has 4 rings (SSSR count). The minimum Gasteiger partial charge on any atom is -0.483 e. The number of hydrogen-bond donors (Lipinski definition) is 0. The number of fused-ring (bicyclic) bond motifs is 1. The molecule has 1 fully saturated rings. The zero-order valence-electron chi connectivity index (χ0n) is 16.6. The predicted octanol–water partition coefficient (Wildman–Crippen LogP) is 5.38. The van der Waals surface area contributed by atoms with E-state index < -0.39 is 11.7 Å². The van der Waals surface area contributed by atoms with Gasteiger partial charge in [-0.25, -0.2) is 0 Å². The summed E-state index contributed by atoms with van der Waals surface area (Å²) in [6, 6.07) is 5.01. The van der Waals surface area contributed by atoms with Gasteiger partial charge in [0, 0.05) is 13.1 Å². The summed E-state index contributed by atoms with van der Waals surface area (Å²) >= 11 is 0. The number of ether oxygens (including phenoxy) is 1. The average molecular weight is 405 g/mol. The molecule has 6 heteroatoms. The number of carbonyl (C=O) groups is 1. The number of hydrogen-bond acceptors (Lipinski definition) is 2. The van der Waals surface area contributed by atoms with Gasteiger partial charge in [0.05, 0.1) is 5.56 Å². The van der Waals surface area contributed by atoms with Crippen LogP contribution >= 0.6 is 0 Å². The van der Waals surface area contributed by atoms with E-state index in [0.717, 1.165) is 38.2 Å². The number of likely N-dealkylation sites (tertiary alicyclic amines) is 1. The molecule has 1 heterocycles. The highest BCUT2D eigenvalue weighted by Crippen LogP contribution is 2.53. The number of benzene rings is 1. The van der Waals surface area contributed by atoms with Gasteiger partial charge in [0.2, 0.25) is 0 Å². The molecular weight excluding hydrogens is 379 g/mol. The fraction of sp³-hybridized carbons (Fsp3) is 0.522. The second kappa shape index (κ2) is 7.54. The zero-order chi connectivity index (χ0) is 20.6. The first-order chi connectivity index (χ1) is 13.8. The van der Waals surface area contributed by atoms with Gasteiger partial charge in [0.15, 0.2) is 6.61 Å². The van der Waals surface area contributed by atoms with E-state index in [-0.39, 0.29) is 23.7 Å². The highest BCUT2D eigenvalue weighted by atomic mass is 19.4. The lowest BCUT2D eigenvalue weighted by Gasteiger charge is -2.41. The Kier molecular flexibility index (Phi) is 5.21. The monoisotopic (exact) mass is 405 g/mol. The van der Waals surface area contributed by atoms with Gasteiger partial charge < -0.3 is 9.64 Å². The summed E-state index contributed by atoms with van der Waals surface area (Å²) in [5.41, 5.74) is 2.38. The van der Waals surface area contributed by atoms with Crippen LogP contribution in [0.4, 0.5) is 13.2 Å². The van der Waals surface area contributed by atoms with Gasteiger partial charge >= 0.3 is 6.18 Å². The van der Waals surface area contributed by atoms with Gasteiger partial charge in [0.25, 0.3) is 5.91 Å². The molecule has 1 saturated heterocycles. The van der Waals surface area contributed by atoms with Crippen LogP contribution < -0.4 is 4.74 Å². The van der Waals surface area contributed by atoms with Gasteiger partial charge in [-0.15, -0.1) is 0 Å². The van der Waals surface area contributed by atoms with Crippen molar-refractivity contribution in [1.29, 1.82) is 0 Å². The highest BCUT2D eigenvalue weighted by Gasteiger charge is 2.44. The molecule has 1 aromatic carbocycles. The number of carbonyl (C=O) groups excluding carboxylic acids is 1. The van der Waals surface area contributed by atoms with Crippen LogP contribution in [-0.2, 0) is 11.0 Å². The normalized spacial score (nSPS) is 23.4. The van der Waals surface area contributed by atoms with Crippen LogP contribution in [0.15, 0.2) is 47.6 Å². The maximum Gasteiger partial charge on any atom is 0.419 e. The van der Waals surface area contributed by atoms with Crippen molar-refractivity contribution >= 4 is 5.91 Å². The first-order valence-corrected chi connectivity index (χ1v) is 10.3. The Morgan fingerprint density at radius 2 is 1.93 bits per heavy atom. The lowest BCUT2D eigenvalue weighted by Crippen LogP contribution is -2.44. The van der Waals surface area contributed by atoms with E-state index in [0.29, 0.717) is 19.0 Å². The number of amides is 1. The molecule has 0 bridgehead atoms. The molecule has 2 aliphatic carbocycles. The van der Waals surface area contributed by atoms with E-state index in [4.69, 9.17) is 4.74 Å². The standard InChI is InChI=1S/C23H26F3NO2/c1-16-5-4-7-18-17(16)9-10-22(18)11-13-27(14-12-22)21(28)15-29-20-8-3-2-6-19(20)23(24,25)26/h2-4,6-8,16H,5,9-15H2,1H3. The Hall–Kier alpha value is -2.24. The Labute approximate surface area is 169 Å². The van der Waals surface area contributed by atoms with Gasteiger partial charge in [-0.1, -0.05) is 36.8 Å². The van der Waals surface area contributed by atoms with Crippen molar-refractivity contribution in [3.05, 3.63) is 53.1 Å². The van der Waals surface area contributed by atoms with Crippen molar-refractivity contribution in [1.82, 2.24) is 4.90 Å². The molecule has 3 nitrogen and oxygen atoms in total. The Bertz CT molecular complexity index is 848. The summed E-state index contributed by atoms with van der Waals surface area (Å²) in [6.07, 6.45) is 5.26. The molecule has 156 valence electrons. The third-order valence-corrected chi connectivity index (χ3v) is 6.78. The first-order valence-electron chi connectivity index (χ1n) is 10.3. The fourth-order valence-electron chi connectivity index (χ4n) is 5.07. The maximum absolute atomic E-state index is 13.1. The van der Waals surface area contributed by atoms with Crippen molar-refractivity contribution < 1.29 is 22.7 Å². The summed E-state index contributed by atoms with van der Waals surface area (Å²) < 4.78 is 44.5. The molecule has 0 saturated carbocycles. The van der Waals surface area contributed by atoms with Crippen LogP contribution in [0.3, 0.4) is 0 Å². The lowest BCUT2D eigenvalue weighted by atomic mass is 9.71. The SMILES string of the molecule is CC1CC=CC2=C1CCC21CCN(C(=O)COc2ccccc2C(F)(F)F)CC1. The topological polar surface area (TPSA) is 29.5 Å². The highest BCUT2D eigenvalue weighted by molar-refractivity contribution is 5.78. The van der Waals surface area contributed by atoms with Crippen LogP contribution in [0, 0.1) is 11.3 Å². The summed E-state index contributed by atoms with van der Waals surface area (Å²) in [7, 11) is 0. The van der Waals surface area contributed by atoms with Crippen molar-refractivity contribution in [2.45, 2.75) is 45.2 Å². The molecule has 3 aliphatic rings. The summed E-state index contributed by atoms with van der Waals surface area (Å²) in [5.74, 6) is 0.0569. The maximum atomic E-state index is 13.1. The smallest absolute Gasteiger partial charge is 0.419 e. The van der Waals surface area contributed by atoms with Gasteiger partial charge in [-0.2, -0.15) is 13.2 Å². The molecular formula is C23H26F3NO2. The molecule has 1 aliphatic heterocycles. The number of alkyl halides is 3. The molecule has 1 spiro atoms. The van der Waals surface area contributed by atoms with Crippen molar-refractivity contribution in [3.8, 4) is 5.75 Å². The number of para-hydroxylation sites is 1. The summed E-state index contributed by atoms with van der Waals surface area (Å²) in [5, 5.41) is 0. The quantitative estimate of drug-likeness (QED) is 0.676. The molecule has 0 N–H and O–H groups in total. The minimum atomic E-state index is -4.50. The number of allylic oxidation sites excluding steroid dienone is 4. The molecule has 1 unspecified atom stereocenters. The van der Waals surface area contributed by atoms with Crippen molar-refractivity contribution in [2.75, 3.05) is 19.7 Å². The van der Waals surface area contributed by atoms with E-state index in [1.165, 1.54) is 23.8 Å². The van der Waals surface area contributed by atoms with Crippen LogP contribution in [0.25, 0.3) is 0 Å². The average Bonchev–Trinajstić information content (AvgIpc) is 3.06. The molecule has 0 radical (unpaired) electrons. The number of nitrogens with zero attached hydrogens (tertiary/aromatic N) is 1. The van der Waals surface area contributed by atoms with Crippen LogP contribution in [-0.4, -0.2) is 30.5 Å². The van der Waals surface area contributed by atoms with Gasteiger partial charge in [0.1, 0.15) is 5.75 Å². The predicted molar refractivity (Wildman–Crippen MR) is 104 cm³/mol. The molecule has 1 atom stereocenters. The minimum absolute atomic E-state index is 0.168. The second-order valence-electron chi connectivity index (χ2n) is 8.42. The third kappa shape index (κ3) is 3.81. The van der Waals surface area contributed by atoms with Crippen LogP contribution in [0.5, 0.6) is 5.75 Å². The van der Waals surface area contributed by atoms with Gasteiger partial charge in [-0.3, -0.25) is 4.79 Å². The molecule has 29 heavy (non-hydrogen) atoms. The van der Waals surface area contributed by atoms with E-state index in [1.54, 1.807) is 10.5 Å². The number of halogens is 3. The molecule has 1 aromatic rings. The Morgan fingerprint density at radius 1 is 1.21 bits per heavy atom. The number of piperidine rings is 1.